The SMILES string of the molecule is COC(=O)[C@@H](NC(=O)C(NC(=O)C(CC(C)C)NC(=O)C(NC(=O)CCCOc1ccc2ccc(OCCCC(=O)NC(C(=O)NC(CC(C)C)C(=O)NC(C(=O)N[C@H](C(=O)OC)C(C)C)C(C)C)C(C)O)cc2c1)C(C)O)C(C)C)C(C)C. The van der Waals surface area contributed by atoms with Gasteiger partial charge < -0.3 is 71.7 Å². The number of aliphatic hydroxyl groups excluding tert-OH is 2. The zero-order valence-electron chi connectivity index (χ0n) is 52.0. The molecule has 0 spiro atoms. The molecule has 2 aromatic carbocycles. The van der Waals surface area contributed by atoms with Crippen molar-refractivity contribution in [1.29, 1.82) is 0 Å². The van der Waals surface area contributed by atoms with Crippen LogP contribution < -0.4 is 52.0 Å². The molecule has 472 valence electrons. The molecule has 0 saturated heterocycles. The van der Waals surface area contributed by atoms with Gasteiger partial charge in [-0.05, 0) is 110 Å². The van der Waals surface area contributed by atoms with Gasteiger partial charge in [0.2, 0.25) is 47.3 Å². The number of hydrogen-bond acceptors (Lipinski definition) is 16. The number of rotatable bonds is 36. The number of methoxy groups -OCH3 is 2. The molecule has 0 aliphatic rings. The van der Waals surface area contributed by atoms with E-state index in [1.54, 1.807) is 79.7 Å². The number of esters is 2. The van der Waals surface area contributed by atoms with E-state index in [2.05, 4.69) is 42.5 Å². The van der Waals surface area contributed by atoms with E-state index < -0.39 is 132 Å². The summed E-state index contributed by atoms with van der Waals surface area (Å²) in [6.45, 7) is 24.1. The van der Waals surface area contributed by atoms with Crippen LogP contribution in [0.3, 0.4) is 0 Å². The first kappa shape index (κ1) is 73.0. The maximum absolute atomic E-state index is 13.7. The molecule has 0 aromatic heterocycles. The van der Waals surface area contributed by atoms with Gasteiger partial charge >= 0.3 is 11.9 Å². The number of aliphatic hydroxyl groups is 2. The molecule has 0 bridgehead atoms. The lowest BCUT2D eigenvalue weighted by atomic mass is 9.98. The van der Waals surface area contributed by atoms with Crippen molar-refractivity contribution in [2.24, 2.45) is 35.5 Å². The van der Waals surface area contributed by atoms with Crippen molar-refractivity contribution in [2.75, 3.05) is 27.4 Å². The van der Waals surface area contributed by atoms with Crippen LogP contribution in [0.1, 0.15) is 135 Å². The summed E-state index contributed by atoms with van der Waals surface area (Å²) >= 11 is 0. The smallest absolute Gasteiger partial charge is 0.328 e. The van der Waals surface area contributed by atoms with Gasteiger partial charge in [0.05, 0.1) is 39.6 Å². The molecule has 0 saturated carbocycles. The average Bonchev–Trinajstić information content (AvgIpc) is 3.62. The largest absolute Gasteiger partial charge is 0.494 e. The van der Waals surface area contributed by atoms with Crippen molar-refractivity contribution >= 4 is 70.0 Å². The van der Waals surface area contributed by atoms with Crippen molar-refractivity contribution in [2.45, 2.75) is 196 Å². The van der Waals surface area contributed by atoms with Crippen LogP contribution in [-0.4, -0.2) is 157 Å². The molecule has 0 fully saturated rings. The normalized spacial score (nSPS) is 15.1. The number of hydrogen-bond donors (Lipinski definition) is 10. The average molecular weight is 1190 g/mol. The van der Waals surface area contributed by atoms with Crippen molar-refractivity contribution in [3.63, 3.8) is 0 Å². The second-order valence-corrected chi connectivity index (χ2v) is 23.5. The molecule has 2 aromatic rings. The van der Waals surface area contributed by atoms with E-state index in [9.17, 15) is 58.2 Å². The molecule has 84 heavy (non-hydrogen) atoms. The van der Waals surface area contributed by atoms with Crippen LogP contribution in [0, 0.1) is 35.5 Å². The minimum atomic E-state index is -1.42. The van der Waals surface area contributed by atoms with Gasteiger partial charge in [-0.3, -0.25) is 38.4 Å². The molecular formula is C60H96N8O16. The number of benzene rings is 2. The number of amides is 8. The third-order valence-corrected chi connectivity index (χ3v) is 13.6. The molecule has 24 nitrogen and oxygen atoms in total. The van der Waals surface area contributed by atoms with E-state index in [1.807, 2.05) is 39.8 Å². The highest BCUT2D eigenvalue weighted by atomic mass is 16.5. The standard InChI is InChI=1S/C60H96N8O16/c1-31(2)27-43(53(73)65-47(33(5)6)55(75)67-49(35(9)10)59(79)81-15)61-57(77)51(37(13)69)63-45(71)19-17-25-83-41-23-21-39-22-24-42(30-40(39)29-41)84-26-18-20-46(72)64-52(38(14)70)58(78)62-44(28-32(3)4)54(74)66-48(34(7)8)56(76)68-50(36(11)12)60(80)82-16/h21-24,29-38,43-44,47-52,69-70H,17-20,25-28H2,1-16H3,(H,61,77)(H,62,78)(H,63,71)(H,64,72)(H,65,73)(H,66,74)(H,67,75)(H,68,76)/t37?,38?,43?,44?,47?,48?,49-,50-,51?,52?/m0/s1. The Morgan fingerprint density at radius 3 is 0.988 bits per heavy atom. The van der Waals surface area contributed by atoms with Gasteiger partial charge in [-0.2, -0.15) is 0 Å². The fraction of sp³-hybridized carbons (Fsp3) is 0.667. The van der Waals surface area contributed by atoms with Gasteiger partial charge in [0, 0.05) is 12.8 Å². The summed E-state index contributed by atoms with van der Waals surface area (Å²) in [5.41, 5.74) is 0. The minimum Gasteiger partial charge on any atom is -0.494 e. The fourth-order valence-corrected chi connectivity index (χ4v) is 8.77. The maximum Gasteiger partial charge on any atom is 0.328 e. The number of ether oxygens (including phenoxy) is 4. The molecular weight excluding hydrogens is 1090 g/mol. The Morgan fingerprint density at radius 2 is 0.702 bits per heavy atom. The molecule has 8 unspecified atom stereocenters. The van der Waals surface area contributed by atoms with Crippen LogP contribution in [0.5, 0.6) is 11.5 Å². The molecule has 10 atom stereocenters. The monoisotopic (exact) mass is 1180 g/mol. The quantitative estimate of drug-likeness (QED) is 0.0346. The molecule has 0 aliphatic heterocycles. The lowest BCUT2D eigenvalue weighted by Crippen LogP contribution is -2.60. The van der Waals surface area contributed by atoms with Crippen LogP contribution in [0.4, 0.5) is 0 Å². The number of carbonyl (C=O) groups is 10. The number of nitrogens with one attached hydrogen (secondary N) is 8. The van der Waals surface area contributed by atoms with Crippen molar-refractivity contribution in [3.8, 4) is 11.5 Å². The van der Waals surface area contributed by atoms with Gasteiger partial charge in [0.15, 0.2) is 0 Å². The summed E-state index contributed by atoms with van der Waals surface area (Å²) in [5.74, 6) is -7.13. The van der Waals surface area contributed by atoms with Gasteiger partial charge in [0.25, 0.3) is 0 Å². The fourth-order valence-electron chi connectivity index (χ4n) is 8.77. The highest BCUT2D eigenvalue weighted by Gasteiger charge is 2.37. The molecule has 2 rings (SSSR count). The zero-order chi connectivity index (χ0) is 63.7. The Labute approximate surface area is 494 Å². The predicted octanol–water partition coefficient (Wildman–Crippen LogP) is 2.86. The van der Waals surface area contributed by atoms with Crippen LogP contribution in [0.2, 0.25) is 0 Å². The Balaban J connectivity index is 2.00. The summed E-state index contributed by atoms with van der Waals surface area (Å²) < 4.78 is 21.6. The highest BCUT2D eigenvalue weighted by molar-refractivity contribution is 5.97. The van der Waals surface area contributed by atoms with E-state index >= 15 is 0 Å². The van der Waals surface area contributed by atoms with Crippen LogP contribution in [0.25, 0.3) is 10.8 Å². The van der Waals surface area contributed by atoms with Gasteiger partial charge in [-0.25, -0.2) is 9.59 Å². The van der Waals surface area contributed by atoms with E-state index in [-0.39, 0.29) is 75.4 Å². The van der Waals surface area contributed by atoms with Crippen molar-refractivity contribution < 1.29 is 77.1 Å². The first-order chi connectivity index (χ1) is 39.3. The van der Waals surface area contributed by atoms with E-state index in [4.69, 9.17) is 18.9 Å². The summed E-state index contributed by atoms with van der Waals surface area (Å²) in [4.78, 5) is 132. The van der Waals surface area contributed by atoms with Gasteiger partial charge in [0.1, 0.15) is 59.8 Å². The third-order valence-electron chi connectivity index (χ3n) is 13.6. The molecule has 0 aliphatic carbocycles. The lowest BCUT2D eigenvalue weighted by Gasteiger charge is -2.29. The van der Waals surface area contributed by atoms with Crippen molar-refractivity contribution in [1.82, 2.24) is 42.5 Å². The minimum absolute atomic E-state index is 0.0718. The van der Waals surface area contributed by atoms with Crippen LogP contribution >= 0.6 is 0 Å². The first-order valence-corrected chi connectivity index (χ1v) is 29.0. The second-order valence-electron chi connectivity index (χ2n) is 23.5. The van der Waals surface area contributed by atoms with Gasteiger partial charge in [-0.1, -0.05) is 95.2 Å². The molecule has 0 heterocycles. The Hall–Kier alpha value is -7.08. The lowest BCUT2D eigenvalue weighted by molar-refractivity contribution is -0.147. The third kappa shape index (κ3) is 24.6. The maximum atomic E-state index is 13.7. The topological polar surface area (TPSA) is 344 Å². The molecule has 0 radical (unpaired) electrons. The number of carbonyl (C=O) groups excluding carboxylic acids is 10. The van der Waals surface area contributed by atoms with E-state index in [0.29, 0.717) is 11.5 Å². The predicted molar refractivity (Wildman–Crippen MR) is 315 cm³/mol. The first-order valence-electron chi connectivity index (χ1n) is 29.0. The Morgan fingerprint density at radius 1 is 0.393 bits per heavy atom. The number of fused-ring (bicyclic) bond motifs is 1. The summed E-state index contributed by atoms with van der Waals surface area (Å²) in [6.07, 6.45) is -2.03. The Kier molecular flexibility index (Phi) is 31.2. The van der Waals surface area contributed by atoms with Crippen molar-refractivity contribution in [3.05, 3.63) is 36.4 Å². The zero-order valence-corrected chi connectivity index (χ0v) is 52.0. The highest BCUT2D eigenvalue weighted by Crippen LogP contribution is 2.26. The van der Waals surface area contributed by atoms with Gasteiger partial charge in [-0.15, -0.1) is 0 Å². The van der Waals surface area contributed by atoms with E-state index in [1.165, 1.54) is 28.1 Å². The molecule has 8 amide bonds. The summed E-state index contributed by atoms with van der Waals surface area (Å²) in [7, 11) is 2.42. The summed E-state index contributed by atoms with van der Waals surface area (Å²) in [6, 6.07) is 1.64. The van der Waals surface area contributed by atoms with Crippen LogP contribution in [-0.2, 0) is 57.4 Å². The summed E-state index contributed by atoms with van der Waals surface area (Å²) in [5, 5.41) is 43.9. The van der Waals surface area contributed by atoms with Crippen LogP contribution in [0.15, 0.2) is 36.4 Å². The second kappa shape index (κ2) is 35.9. The van der Waals surface area contributed by atoms with E-state index in [0.717, 1.165) is 10.8 Å². The molecule has 10 N–H and O–H groups in total. The molecule has 24 heteroatoms. The Bertz CT molecular complexity index is 2350.